The van der Waals surface area contributed by atoms with Gasteiger partial charge in [-0.2, -0.15) is 0 Å². The lowest BCUT2D eigenvalue weighted by Gasteiger charge is -2.31. The molecule has 0 bridgehead atoms. The molecule has 0 spiro atoms. The van der Waals surface area contributed by atoms with Crippen molar-refractivity contribution >= 4 is 5.91 Å². The van der Waals surface area contributed by atoms with Crippen LogP contribution in [0.5, 0.6) is 0 Å². The second-order valence-electron chi connectivity index (χ2n) is 7.45. The van der Waals surface area contributed by atoms with Crippen LogP contribution in [0.1, 0.15) is 51.4 Å². The van der Waals surface area contributed by atoms with Gasteiger partial charge in [-0.25, -0.2) is 8.78 Å². The summed E-state index contributed by atoms with van der Waals surface area (Å²) >= 11 is 0. The van der Waals surface area contributed by atoms with Crippen molar-refractivity contribution in [1.82, 2.24) is 9.80 Å². The van der Waals surface area contributed by atoms with Crippen LogP contribution in [0.4, 0.5) is 8.78 Å². The number of amides is 1. The Morgan fingerprint density at radius 2 is 1.82 bits per heavy atom. The summed E-state index contributed by atoms with van der Waals surface area (Å²) in [6.07, 6.45) is 5.77. The van der Waals surface area contributed by atoms with Crippen LogP contribution in [0, 0.1) is 11.8 Å². The molecule has 0 radical (unpaired) electrons. The smallest absolute Gasteiger partial charge is 0.248 e. The van der Waals surface area contributed by atoms with Crippen molar-refractivity contribution in [2.24, 2.45) is 11.8 Å². The van der Waals surface area contributed by atoms with Gasteiger partial charge in [0.15, 0.2) is 0 Å². The first-order valence-electron chi connectivity index (χ1n) is 8.92. The number of carbonyl (C=O) groups is 1. The number of halogens is 2. The lowest BCUT2D eigenvalue weighted by atomic mass is 9.85. The van der Waals surface area contributed by atoms with Gasteiger partial charge in [0.05, 0.1) is 0 Å². The third-order valence-electron chi connectivity index (χ3n) is 5.55. The third kappa shape index (κ3) is 3.98. The number of alkyl halides is 2. The second-order valence-corrected chi connectivity index (χ2v) is 7.45. The Hall–Kier alpha value is -0.710. The highest BCUT2D eigenvalue weighted by molar-refractivity contribution is 5.79. The van der Waals surface area contributed by atoms with Gasteiger partial charge in [0.1, 0.15) is 0 Å². The Balaban J connectivity index is 1.48. The quantitative estimate of drug-likeness (QED) is 0.799. The van der Waals surface area contributed by atoms with E-state index in [9.17, 15) is 13.6 Å². The Bertz CT molecular complexity index is 396. The maximum Gasteiger partial charge on any atom is 0.248 e. The number of nitrogens with zero attached hydrogens (tertiary/aromatic N) is 2. The van der Waals surface area contributed by atoms with Crippen LogP contribution in [0.25, 0.3) is 0 Å². The molecule has 1 aliphatic carbocycles. The van der Waals surface area contributed by atoms with Crippen LogP contribution in [0.15, 0.2) is 0 Å². The van der Waals surface area contributed by atoms with Crippen molar-refractivity contribution < 1.29 is 13.6 Å². The van der Waals surface area contributed by atoms with Gasteiger partial charge < -0.3 is 9.80 Å². The van der Waals surface area contributed by atoms with E-state index in [1.807, 2.05) is 4.90 Å². The molecule has 3 fully saturated rings. The summed E-state index contributed by atoms with van der Waals surface area (Å²) in [7, 11) is 0. The monoisotopic (exact) mass is 314 g/mol. The fourth-order valence-electron chi connectivity index (χ4n) is 4.33. The van der Waals surface area contributed by atoms with Gasteiger partial charge in [0.2, 0.25) is 11.8 Å². The van der Waals surface area contributed by atoms with Gasteiger partial charge in [0, 0.05) is 38.4 Å². The first-order valence-corrected chi connectivity index (χ1v) is 8.92. The van der Waals surface area contributed by atoms with E-state index in [1.54, 1.807) is 0 Å². The second kappa shape index (κ2) is 6.81. The summed E-state index contributed by atoms with van der Waals surface area (Å²) in [6, 6.07) is 0. The van der Waals surface area contributed by atoms with Crippen molar-refractivity contribution in [1.29, 1.82) is 0 Å². The van der Waals surface area contributed by atoms with Gasteiger partial charge in [-0.15, -0.1) is 0 Å². The lowest BCUT2D eigenvalue weighted by Crippen LogP contribution is -2.40. The molecule has 2 atom stereocenters. The molecule has 0 aromatic rings. The zero-order valence-corrected chi connectivity index (χ0v) is 13.4. The summed E-state index contributed by atoms with van der Waals surface area (Å²) in [4.78, 5) is 16.9. The summed E-state index contributed by atoms with van der Waals surface area (Å²) < 4.78 is 27.0. The largest absolute Gasteiger partial charge is 0.342 e. The number of carbonyl (C=O) groups excluding carboxylic acids is 1. The molecule has 0 unspecified atom stereocenters. The summed E-state index contributed by atoms with van der Waals surface area (Å²) in [5, 5.41) is 0. The molecule has 1 saturated carbocycles. The molecular formula is C17H28F2N2O. The first-order chi connectivity index (χ1) is 10.5. The molecule has 0 N–H and O–H groups in total. The molecular weight excluding hydrogens is 286 g/mol. The zero-order valence-electron chi connectivity index (χ0n) is 13.4. The molecule has 3 nitrogen and oxygen atoms in total. The van der Waals surface area contributed by atoms with Gasteiger partial charge in [0.25, 0.3) is 0 Å². The van der Waals surface area contributed by atoms with Crippen LogP contribution in [-0.4, -0.2) is 54.4 Å². The van der Waals surface area contributed by atoms with Crippen LogP contribution in [-0.2, 0) is 4.79 Å². The number of piperidine rings is 1. The van der Waals surface area contributed by atoms with Gasteiger partial charge in [-0.1, -0.05) is 6.42 Å². The van der Waals surface area contributed by atoms with E-state index >= 15 is 0 Å². The predicted octanol–water partition coefficient (Wildman–Crippen LogP) is 3.15. The Morgan fingerprint density at radius 1 is 1.05 bits per heavy atom. The fraction of sp³-hybridized carbons (Fsp3) is 0.941. The topological polar surface area (TPSA) is 23.6 Å². The summed E-state index contributed by atoms with van der Waals surface area (Å²) in [5.74, 6) is -2.56. The molecule has 0 aromatic heterocycles. The normalized spacial score (nSPS) is 33.1. The van der Waals surface area contributed by atoms with Crippen LogP contribution in [0.3, 0.4) is 0 Å². The molecule has 1 amide bonds. The minimum absolute atomic E-state index is 0.0134. The first kappa shape index (κ1) is 16.2. The van der Waals surface area contributed by atoms with Gasteiger partial charge in [-0.3, -0.25) is 4.79 Å². The molecule has 2 aliphatic heterocycles. The average Bonchev–Trinajstić information content (AvgIpc) is 2.95. The zero-order chi connectivity index (χ0) is 15.6. The van der Waals surface area contributed by atoms with E-state index in [1.165, 1.54) is 32.4 Å². The summed E-state index contributed by atoms with van der Waals surface area (Å²) in [6.45, 7) is 4.97. The fourth-order valence-corrected chi connectivity index (χ4v) is 4.33. The molecule has 126 valence electrons. The predicted molar refractivity (Wildman–Crippen MR) is 81.9 cm³/mol. The molecule has 2 saturated heterocycles. The number of rotatable bonds is 3. The van der Waals surface area contributed by atoms with E-state index in [-0.39, 0.29) is 18.7 Å². The highest BCUT2D eigenvalue weighted by Gasteiger charge is 2.41. The van der Waals surface area contributed by atoms with Crippen molar-refractivity contribution in [3.8, 4) is 0 Å². The van der Waals surface area contributed by atoms with E-state index in [4.69, 9.17) is 0 Å². The van der Waals surface area contributed by atoms with Crippen LogP contribution < -0.4 is 0 Å². The number of hydrogen-bond donors (Lipinski definition) is 0. The number of likely N-dealkylation sites (tertiary alicyclic amines) is 2. The maximum absolute atomic E-state index is 13.5. The lowest BCUT2D eigenvalue weighted by molar-refractivity contribution is -0.141. The van der Waals surface area contributed by atoms with E-state index in [2.05, 4.69) is 4.90 Å². The standard InChI is InChI=1S/C17H28F2N2O/c18-17(19)7-4-5-15(11-17)16(22)21-10-6-14(13-21)12-20-8-2-1-3-9-20/h14-15H,1-13H2/t14-,15-/m1/s1. The van der Waals surface area contributed by atoms with Crippen LogP contribution in [0.2, 0.25) is 0 Å². The van der Waals surface area contributed by atoms with E-state index in [0.29, 0.717) is 18.8 Å². The highest BCUT2D eigenvalue weighted by Crippen LogP contribution is 2.38. The minimum atomic E-state index is -2.63. The van der Waals surface area contributed by atoms with E-state index in [0.717, 1.165) is 26.1 Å². The summed E-state index contributed by atoms with van der Waals surface area (Å²) in [5.41, 5.74) is 0. The average molecular weight is 314 g/mol. The molecule has 3 aliphatic rings. The number of hydrogen-bond acceptors (Lipinski definition) is 2. The van der Waals surface area contributed by atoms with Gasteiger partial charge >= 0.3 is 0 Å². The third-order valence-corrected chi connectivity index (χ3v) is 5.55. The van der Waals surface area contributed by atoms with Gasteiger partial charge in [-0.05, 0) is 51.1 Å². The Labute approximate surface area is 132 Å². The van der Waals surface area contributed by atoms with Crippen molar-refractivity contribution in [3.05, 3.63) is 0 Å². The molecule has 22 heavy (non-hydrogen) atoms. The Kier molecular flexibility index (Phi) is 5.00. The Morgan fingerprint density at radius 3 is 2.55 bits per heavy atom. The SMILES string of the molecule is O=C([C@@H]1CCCC(F)(F)C1)N1CC[C@H](CN2CCCCC2)C1. The molecule has 0 aromatic carbocycles. The van der Waals surface area contributed by atoms with E-state index < -0.39 is 11.8 Å². The molecule has 3 rings (SSSR count). The maximum atomic E-state index is 13.5. The van der Waals surface area contributed by atoms with Crippen LogP contribution >= 0.6 is 0 Å². The van der Waals surface area contributed by atoms with Crippen molar-refractivity contribution in [2.45, 2.75) is 57.3 Å². The minimum Gasteiger partial charge on any atom is -0.342 e. The van der Waals surface area contributed by atoms with Crippen molar-refractivity contribution in [3.63, 3.8) is 0 Å². The molecule has 5 heteroatoms. The molecule has 2 heterocycles. The highest BCUT2D eigenvalue weighted by atomic mass is 19.3. The van der Waals surface area contributed by atoms with Crippen molar-refractivity contribution in [2.75, 3.05) is 32.7 Å².